The fourth-order valence-corrected chi connectivity index (χ4v) is 2.07. The highest BCUT2D eigenvalue weighted by Crippen LogP contribution is 2.51. The molecule has 2 heterocycles. The van der Waals surface area contributed by atoms with Gasteiger partial charge in [0.25, 0.3) is 0 Å². The highest BCUT2D eigenvalue weighted by molar-refractivity contribution is 5.92. The molecule has 0 aromatic rings. The number of hydrogen-bond acceptors (Lipinski definition) is 3. The van der Waals surface area contributed by atoms with Gasteiger partial charge in [0.15, 0.2) is 11.6 Å². The predicted molar refractivity (Wildman–Crippen MR) is 51.8 cm³/mol. The van der Waals surface area contributed by atoms with E-state index in [1.54, 1.807) is 0 Å². The standard InChI is InChI=1S/C11H16O3/c1-5-6-7-8-9(12)10(2,3)11(4,13-7)14-8/h5-8H,1-4H3/b6-5+/t7-,8+,11+/m0/s1. The molecule has 14 heavy (non-hydrogen) atoms. The fourth-order valence-electron chi connectivity index (χ4n) is 2.07. The van der Waals surface area contributed by atoms with E-state index in [0.29, 0.717) is 0 Å². The Bertz CT molecular complexity index is 306. The summed E-state index contributed by atoms with van der Waals surface area (Å²) in [4.78, 5) is 11.9. The van der Waals surface area contributed by atoms with Crippen LogP contribution in [-0.4, -0.2) is 23.8 Å². The molecule has 2 saturated heterocycles. The smallest absolute Gasteiger partial charge is 0.179 e. The van der Waals surface area contributed by atoms with Crippen LogP contribution in [0.1, 0.15) is 27.7 Å². The topological polar surface area (TPSA) is 35.5 Å². The van der Waals surface area contributed by atoms with Gasteiger partial charge < -0.3 is 9.47 Å². The van der Waals surface area contributed by atoms with Gasteiger partial charge in [-0.3, -0.25) is 4.79 Å². The number of fused-ring (bicyclic) bond motifs is 2. The van der Waals surface area contributed by atoms with E-state index >= 15 is 0 Å². The van der Waals surface area contributed by atoms with Gasteiger partial charge in [0.2, 0.25) is 0 Å². The second-order valence-electron chi connectivity index (χ2n) is 4.58. The third-order valence-corrected chi connectivity index (χ3v) is 3.40. The Kier molecular flexibility index (Phi) is 1.88. The molecule has 0 N–H and O–H groups in total. The Labute approximate surface area is 84.1 Å². The van der Waals surface area contributed by atoms with Crippen molar-refractivity contribution < 1.29 is 14.3 Å². The molecular formula is C11H16O3. The Morgan fingerprint density at radius 1 is 1.29 bits per heavy atom. The van der Waals surface area contributed by atoms with Crippen LogP contribution in [0.2, 0.25) is 0 Å². The Hall–Kier alpha value is -0.670. The zero-order valence-electron chi connectivity index (χ0n) is 9.03. The van der Waals surface area contributed by atoms with Crippen molar-refractivity contribution in [3.63, 3.8) is 0 Å². The maximum absolute atomic E-state index is 11.9. The number of hydrogen-bond donors (Lipinski definition) is 0. The zero-order valence-corrected chi connectivity index (χ0v) is 9.03. The minimum absolute atomic E-state index is 0.148. The van der Waals surface area contributed by atoms with Crippen molar-refractivity contribution in [3.05, 3.63) is 12.2 Å². The lowest BCUT2D eigenvalue weighted by molar-refractivity contribution is -0.196. The van der Waals surface area contributed by atoms with E-state index in [1.807, 2.05) is 39.8 Å². The van der Waals surface area contributed by atoms with E-state index < -0.39 is 17.3 Å². The van der Waals surface area contributed by atoms with E-state index in [0.717, 1.165) is 0 Å². The molecule has 0 saturated carbocycles. The highest BCUT2D eigenvalue weighted by atomic mass is 16.8. The maximum atomic E-state index is 11.9. The van der Waals surface area contributed by atoms with Crippen LogP contribution < -0.4 is 0 Å². The second kappa shape index (κ2) is 2.67. The van der Waals surface area contributed by atoms with Crippen molar-refractivity contribution in [2.24, 2.45) is 5.41 Å². The molecule has 0 aliphatic carbocycles. The molecule has 3 heteroatoms. The quantitative estimate of drug-likeness (QED) is 0.598. The van der Waals surface area contributed by atoms with Crippen molar-refractivity contribution >= 4 is 5.78 Å². The number of allylic oxidation sites excluding steroid dienone is 1. The van der Waals surface area contributed by atoms with Crippen molar-refractivity contribution in [2.75, 3.05) is 0 Å². The third kappa shape index (κ3) is 0.969. The summed E-state index contributed by atoms with van der Waals surface area (Å²) in [5.41, 5.74) is -0.532. The second-order valence-corrected chi connectivity index (χ2v) is 4.58. The fraction of sp³-hybridized carbons (Fsp3) is 0.727. The van der Waals surface area contributed by atoms with Crippen LogP contribution in [0.15, 0.2) is 12.2 Å². The molecule has 0 unspecified atom stereocenters. The summed E-state index contributed by atoms with van der Waals surface area (Å²) in [6.45, 7) is 7.50. The largest absolute Gasteiger partial charge is 0.339 e. The minimum Gasteiger partial charge on any atom is -0.339 e. The molecular weight excluding hydrogens is 180 g/mol. The van der Waals surface area contributed by atoms with E-state index in [9.17, 15) is 4.79 Å². The van der Waals surface area contributed by atoms with Crippen molar-refractivity contribution in [1.82, 2.24) is 0 Å². The first-order valence-electron chi connectivity index (χ1n) is 4.95. The minimum atomic E-state index is -0.751. The normalized spacial score (nSPS) is 45.3. The average Bonchev–Trinajstić information content (AvgIpc) is 2.50. The van der Waals surface area contributed by atoms with Crippen LogP contribution in [0.5, 0.6) is 0 Å². The average molecular weight is 196 g/mol. The van der Waals surface area contributed by atoms with E-state index in [1.165, 1.54) is 0 Å². The van der Waals surface area contributed by atoms with Gasteiger partial charge in [-0.15, -0.1) is 0 Å². The van der Waals surface area contributed by atoms with Gasteiger partial charge in [-0.1, -0.05) is 12.2 Å². The van der Waals surface area contributed by atoms with E-state index in [4.69, 9.17) is 9.47 Å². The van der Waals surface area contributed by atoms with E-state index in [2.05, 4.69) is 0 Å². The van der Waals surface area contributed by atoms with Crippen molar-refractivity contribution in [2.45, 2.75) is 45.7 Å². The zero-order chi connectivity index (χ0) is 10.6. The Morgan fingerprint density at radius 3 is 2.36 bits per heavy atom. The van der Waals surface area contributed by atoms with Crippen LogP contribution in [0, 0.1) is 5.41 Å². The number of rotatable bonds is 1. The van der Waals surface area contributed by atoms with Gasteiger partial charge in [-0.2, -0.15) is 0 Å². The monoisotopic (exact) mass is 196 g/mol. The van der Waals surface area contributed by atoms with E-state index in [-0.39, 0.29) is 11.9 Å². The lowest BCUT2D eigenvalue weighted by atomic mass is 9.78. The van der Waals surface area contributed by atoms with Crippen LogP contribution in [-0.2, 0) is 14.3 Å². The number of ether oxygens (including phenoxy) is 2. The number of Topliss-reactive ketones (excluding diaryl/α,β-unsaturated/α-hetero) is 1. The Morgan fingerprint density at radius 2 is 1.93 bits per heavy atom. The molecule has 0 aromatic carbocycles. The first-order chi connectivity index (χ1) is 6.42. The highest BCUT2D eigenvalue weighted by Gasteiger charge is 2.66. The molecule has 2 bridgehead atoms. The molecule has 3 nitrogen and oxygen atoms in total. The molecule has 0 aromatic heterocycles. The van der Waals surface area contributed by atoms with Crippen LogP contribution >= 0.6 is 0 Å². The van der Waals surface area contributed by atoms with Gasteiger partial charge in [0.1, 0.15) is 12.2 Å². The summed E-state index contributed by atoms with van der Waals surface area (Å²) in [5.74, 6) is -0.604. The third-order valence-electron chi connectivity index (χ3n) is 3.40. The predicted octanol–water partition coefficient (Wildman–Crippen LogP) is 1.67. The summed E-state index contributed by atoms with van der Waals surface area (Å²) >= 11 is 0. The van der Waals surface area contributed by atoms with Gasteiger partial charge in [0.05, 0.1) is 5.41 Å². The number of carbonyl (C=O) groups is 1. The molecule has 0 amide bonds. The first kappa shape index (κ1) is 9.87. The van der Waals surface area contributed by atoms with Crippen molar-refractivity contribution in [3.8, 4) is 0 Å². The Balaban J connectivity index is 2.33. The van der Waals surface area contributed by atoms with Crippen LogP contribution in [0.25, 0.3) is 0 Å². The summed E-state index contributed by atoms with van der Waals surface area (Å²) < 4.78 is 11.4. The SMILES string of the molecule is C/C=C/[C@@H]1O[C@]2(C)O[C@H]1C(=O)C2(C)C. The molecule has 2 aliphatic rings. The van der Waals surface area contributed by atoms with Gasteiger partial charge in [-0.05, 0) is 27.7 Å². The van der Waals surface area contributed by atoms with Gasteiger partial charge >= 0.3 is 0 Å². The molecule has 0 radical (unpaired) electrons. The molecule has 3 atom stereocenters. The lowest BCUT2D eigenvalue weighted by Crippen LogP contribution is -2.49. The molecule has 2 aliphatic heterocycles. The summed E-state index contributed by atoms with van der Waals surface area (Å²) in [5, 5.41) is 0. The van der Waals surface area contributed by atoms with Crippen LogP contribution in [0.3, 0.4) is 0 Å². The maximum Gasteiger partial charge on any atom is 0.179 e. The van der Waals surface area contributed by atoms with Crippen LogP contribution in [0.4, 0.5) is 0 Å². The van der Waals surface area contributed by atoms with Gasteiger partial charge in [-0.25, -0.2) is 0 Å². The molecule has 2 fully saturated rings. The molecule has 2 rings (SSSR count). The van der Waals surface area contributed by atoms with Gasteiger partial charge in [0, 0.05) is 0 Å². The lowest BCUT2D eigenvalue weighted by Gasteiger charge is -2.35. The molecule has 0 spiro atoms. The number of ketones is 1. The number of carbonyl (C=O) groups excluding carboxylic acids is 1. The molecule has 78 valence electrons. The summed E-state index contributed by atoms with van der Waals surface area (Å²) in [6.07, 6.45) is 3.15. The summed E-state index contributed by atoms with van der Waals surface area (Å²) in [7, 11) is 0. The van der Waals surface area contributed by atoms with Crippen molar-refractivity contribution in [1.29, 1.82) is 0 Å². The first-order valence-corrected chi connectivity index (χ1v) is 4.95. The summed E-state index contributed by atoms with van der Waals surface area (Å²) in [6, 6.07) is 0.